The number of amides is 1. The molecule has 2 atom stereocenters. The van der Waals surface area contributed by atoms with Gasteiger partial charge in [-0.1, -0.05) is 6.07 Å². The van der Waals surface area contributed by atoms with Crippen LogP contribution in [-0.2, 0) is 0 Å². The predicted octanol–water partition coefficient (Wildman–Crippen LogP) is 2.77. The maximum Gasteiger partial charge on any atom is 0.254 e. The summed E-state index contributed by atoms with van der Waals surface area (Å²) in [7, 11) is 0. The fourth-order valence-corrected chi connectivity index (χ4v) is 4.41. The summed E-state index contributed by atoms with van der Waals surface area (Å²) in [5, 5.41) is 9.72. The van der Waals surface area contributed by atoms with Gasteiger partial charge in [0.05, 0.1) is 18.4 Å². The Hall–Kier alpha value is -2.63. The minimum Gasteiger partial charge on any atom is -0.361 e. The quantitative estimate of drug-likeness (QED) is 0.789. The largest absolute Gasteiger partial charge is 0.361 e. The first kappa shape index (κ1) is 13.8. The van der Waals surface area contributed by atoms with Gasteiger partial charge in [0.15, 0.2) is 0 Å². The molecule has 6 nitrogen and oxygen atoms in total. The van der Waals surface area contributed by atoms with Crippen molar-refractivity contribution in [1.82, 2.24) is 24.9 Å². The molecule has 2 unspecified atom stereocenters. The predicted molar refractivity (Wildman–Crippen MR) is 89.6 cm³/mol. The molecule has 3 aromatic rings. The fourth-order valence-electron chi connectivity index (χ4n) is 4.41. The van der Waals surface area contributed by atoms with Crippen LogP contribution in [0.1, 0.15) is 42.1 Å². The van der Waals surface area contributed by atoms with Crippen LogP contribution >= 0.6 is 0 Å². The summed E-state index contributed by atoms with van der Waals surface area (Å²) in [6.07, 6.45) is 9.42. The van der Waals surface area contributed by atoms with Crippen molar-refractivity contribution in [2.24, 2.45) is 0 Å². The Morgan fingerprint density at radius 2 is 1.79 bits per heavy atom. The van der Waals surface area contributed by atoms with Crippen molar-refractivity contribution in [3.63, 3.8) is 0 Å². The number of benzene rings is 1. The molecule has 0 saturated carbocycles. The summed E-state index contributed by atoms with van der Waals surface area (Å²) in [6.45, 7) is 0. The zero-order chi connectivity index (χ0) is 16.1. The van der Waals surface area contributed by atoms with E-state index in [1.807, 2.05) is 35.3 Å². The molecular weight excluding hydrogens is 302 g/mol. The van der Waals surface area contributed by atoms with Crippen molar-refractivity contribution >= 4 is 16.8 Å². The van der Waals surface area contributed by atoms with Crippen molar-refractivity contribution in [1.29, 1.82) is 0 Å². The molecule has 0 radical (unpaired) electrons. The molecule has 24 heavy (non-hydrogen) atoms. The average Bonchev–Trinajstić information content (AvgIpc) is 3.33. The standard InChI is InChI=1S/C18H19N5O/c24-18(13-2-1-12-5-6-19-17(12)9-13)22-14-3-4-15(22)11-16(10-14)23-20-7-8-21-23/h1-2,5-9,14-16,19H,3-4,10-11H2. The number of rotatable bonds is 2. The van der Waals surface area contributed by atoms with Crippen LogP contribution in [0.2, 0.25) is 0 Å². The fraction of sp³-hybridized carbons (Fsp3) is 0.389. The lowest BCUT2D eigenvalue weighted by Gasteiger charge is -2.38. The molecule has 2 aliphatic rings. The van der Waals surface area contributed by atoms with Gasteiger partial charge < -0.3 is 9.88 Å². The number of carbonyl (C=O) groups is 1. The summed E-state index contributed by atoms with van der Waals surface area (Å²) < 4.78 is 0. The number of carbonyl (C=O) groups excluding carboxylic acids is 1. The Kier molecular flexibility index (Phi) is 2.98. The highest BCUT2D eigenvalue weighted by atomic mass is 16.2. The SMILES string of the molecule is O=C(c1ccc2cc[nH]c2c1)N1C2CCC1CC(n1nccn1)C2. The average molecular weight is 321 g/mol. The van der Waals surface area contributed by atoms with E-state index in [-0.39, 0.29) is 5.91 Å². The van der Waals surface area contributed by atoms with Crippen LogP contribution < -0.4 is 0 Å². The van der Waals surface area contributed by atoms with Crippen molar-refractivity contribution in [2.45, 2.75) is 43.8 Å². The minimum absolute atomic E-state index is 0.158. The first-order valence-electron chi connectivity index (χ1n) is 8.55. The third kappa shape index (κ3) is 2.06. The van der Waals surface area contributed by atoms with Crippen molar-refractivity contribution in [3.05, 3.63) is 48.4 Å². The van der Waals surface area contributed by atoms with Gasteiger partial charge in [-0.15, -0.1) is 0 Å². The van der Waals surface area contributed by atoms with E-state index in [9.17, 15) is 4.79 Å². The third-order valence-electron chi connectivity index (χ3n) is 5.51. The number of hydrogen-bond acceptors (Lipinski definition) is 3. The van der Waals surface area contributed by atoms with Gasteiger partial charge >= 0.3 is 0 Å². The van der Waals surface area contributed by atoms with E-state index in [2.05, 4.69) is 20.1 Å². The Morgan fingerprint density at radius 3 is 2.54 bits per heavy atom. The van der Waals surface area contributed by atoms with Gasteiger partial charge in [0.1, 0.15) is 0 Å². The Balaban J connectivity index is 1.42. The number of nitrogens with one attached hydrogen (secondary N) is 1. The minimum atomic E-state index is 0.158. The Morgan fingerprint density at radius 1 is 1.04 bits per heavy atom. The van der Waals surface area contributed by atoms with Crippen LogP contribution in [0.15, 0.2) is 42.9 Å². The molecule has 2 fully saturated rings. The van der Waals surface area contributed by atoms with Crippen molar-refractivity contribution in [3.8, 4) is 0 Å². The van der Waals surface area contributed by atoms with Crippen LogP contribution in [0.25, 0.3) is 10.9 Å². The molecule has 122 valence electrons. The second kappa shape index (κ2) is 5.19. The van der Waals surface area contributed by atoms with Gasteiger partial charge in [0, 0.05) is 29.4 Å². The molecule has 2 aliphatic heterocycles. The van der Waals surface area contributed by atoms with Gasteiger partial charge in [-0.3, -0.25) is 4.79 Å². The lowest BCUT2D eigenvalue weighted by Crippen LogP contribution is -2.47. The topological polar surface area (TPSA) is 66.8 Å². The van der Waals surface area contributed by atoms with Gasteiger partial charge in [0.25, 0.3) is 5.91 Å². The molecule has 2 bridgehead atoms. The lowest BCUT2D eigenvalue weighted by molar-refractivity contribution is 0.0512. The number of aromatic nitrogens is 4. The van der Waals surface area contributed by atoms with E-state index in [1.54, 1.807) is 12.4 Å². The molecule has 5 rings (SSSR count). The second-order valence-electron chi connectivity index (χ2n) is 6.85. The lowest BCUT2D eigenvalue weighted by atomic mass is 9.96. The van der Waals surface area contributed by atoms with Crippen molar-refractivity contribution < 1.29 is 4.79 Å². The number of aromatic amines is 1. The zero-order valence-corrected chi connectivity index (χ0v) is 13.3. The van der Waals surface area contributed by atoms with Crippen LogP contribution in [0.4, 0.5) is 0 Å². The zero-order valence-electron chi connectivity index (χ0n) is 13.3. The number of fused-ring (bicyclic) bond motifs is 3. The number of piperidine rings is 1. The maximum atomic E-state index is 13.1. The molecule has 4 heterocycles. The molecule has 6 heteroatoms. The van der Waals surface area contributed by atoms with Gasteiger partial charge in [-0.2, -0.15) is 15.0 Å². The van der Waals surface area contributed by atoms with E-state index in [4.69, 9.17) is 0 Å². The van der Waals surface area contributed by atoms with E-state index in [0.717, 1.165) is 42.1 Å². The monoisotopic (exact) mass is 321 g/mol. The molecular formula is C18H19N5O. The summed E-state index contributed by atoms with van der Waals surface area (Å²) in [5.41, 5.74) is 1.79. The second-order valence-corrected chi connectivity index (χ2v) is 6.85. The van der Waals surface area contributed by atoms with Gasteiger partial charge in [-0.25, -0.2) is 0 Å². The number of hydrogen-bond donors (Lipinski definition) is 1. The number of nitrogens with zero attached hydrogens (tertiary/aromatic N) is 4. The summed E-state index contributed by atoms with van der Waals surface area (Å²) in [4.78, 5) is 20.2. The third-order valence-corrected chi connectivity index (χ3v) is 5.51. The molecule has 0 spiro atoms. The molecule has 2 aromatic heterocycles. The molecule has 2 saturated heterocycles. The highest BCUT2D eigenvalue weighted by Gasteiger charge is 2.44. The van der Waals surface area contributed by atoms with Crippen LogP contribution in [0, 0.1) is 0 Å². The molecule has 1 amide bonds. The number of H-pyrrole nitrogens is 1. The summed E-state index contributed by atoms with van der Waals surface area (Å²) >= 11 is 0. The smallest absolute Gasteiger partial charge is 0.254 e. The van der Waals surface area contributed by atoms with Crippen LogP contribution in [0.3, 0.4) is 0 Å². The summed E-state index contributed by atoms with van der Waals surface area (Å²) in [5.74, 6) is 0.158. The van der Waals surface area contributed by atoms with E-state index in [0.29, 0.717) is 18.1 Å². The molecule has 0 aliphatic carbocycles. The Bertz CT molecular complexity index is 870. The highest BCUT2D eigenvalue weighted by Crippen LogP contribution is 2.41. The van der Waals surface area contributed by atoms with Crippen molar-refractivity contribution in [2.75, 3.05) is 0 Å². The molecule has 1 aromatic carbocycles. The first-order chi connectivity index (χ1) is 11.8. The van der Waals surface area contributed by atoms with E-state index >= 15 is 0 Å². The van der Waals surface area contributed by atoms with Crippen LogP contribution in [-0.4, -0.2) is 42.9 Å². The normalized spacial score (nSPS) is 26.2. The van der Waals surface area contributed by atoms with Crippen LogP contribution in [0.5, 0.6) is 0 Å². The first-order valence-corrected chi connectivity index (χ1v) is 8.55. The van der Waals surface area contributed by atoms with Gasteiger partial charge in [-0.05, 0) is 49.3 Å². The van der Waals surface area contributed by atoms with Gasteiger partial charge in [0.2, 0.25) is 0 Å². The van der Waals surface area contributed by atoms with E-state index in [1.165, 1.54) is 0 Å². The Labute approximate surface area is 139 Å². The molecule has 1 N–H and O–H groups in total. The van der Waals surface area contributed by atoms with E-state index < -0.39 is 0 Å². The maximum absolute atomic E-state index is 13.1. The summed E-state index contributed by atoms with van der Waals surface area (Å²) in [6, 6.07) is 8.86. The highest BCUT2D eigenvalue weighted by molar-refractivity contribution is 5.98.